The number of carbonyl (C=O) groups is 2. The summed E-state index contributed by atoms with van der Waals surface area (Å²) < 4.78 is 10.4. The fraction of sp³-hybridized carbons (Fsp3) is 0.188. The van der Waals surface area contributed by atoms with Crippen molar-refractivity contribution >= 4 is 17.4 Å². The van der Waals surface area contributed by atoms with E-state index in [4.69, 9.17) is 15.2 Å². The summed E-state index contributed by atoms with van der Waals surface area (Å²) in [6.45, 7) is 1.28. The highest BCUT2D eigenvalue weighted by Crippen LogP contribution is 2.51. The van der Waals surface area contributed by atoms with E-state index in [1.165, 1.54) is 14.0 Å². The molecule has 1 aromatic carbocycles. The predicted molar refractivity (Wildman–Crippen MR) is 79.4 cm³/mol. The molecule has 3 N–H and O–H groups in total. The number of nitriles is 1. The molecule has 1 unspecified atom stereocenters. The van der Waals surface area contributed by atoms with Crippen LogP contribution >= 0.6 is 0 Å². The fourth-order valence-electron chi connectivity index (χ4n) is 3.11. The smallest absolute Gasteiger partial charge is 0.294 e. The van der Waals surface area contributed by atoms with Crippen molar-refractivity contribution in [1.29, 1.82) is 5.26 Å². The van der Waals surface area contributed by atoms with Crippen LogP contribution in [0.2, 0.25) is 0 Å². The molecule has 0 saturated carbocycles. The summed E-state index contributed by atoms with van der Waals surface area (Å²) in [4.78, 5) is 25.1. The summed E-state index contributed by atoms with van der Waals surface area (Å²) >= 11 is 0. The van der Waals surface area contributed by atoms with E-state index < -0.39 is 17.1 Å². The molecule has 0 saturated heterocycles. The van der Waals surface area contributed by atoms with Crippen molar-refractivity contribution in [3.05, 3.63) is 52.8 Å². The second-order valence-corrected chi connectivity index (χ2v) is 5.13. The summed E-state index contributed by atoms with van der Waals surface area (Å²) in [6.07, 6.45) is 0. The normalized spacial score (nSPS) is 22.4. The Morgan fingerprint density at radius 2 is 2.13 bits per heavy atom. The number of carbonyl (C=O) groups excluding carboxylic acids is 2. The van der Waals surface area contributed by atoms with Gasteiger partial charge in [-0.3, -0.25) is 9.59 Å². The Balaban J connectivity index is 2.47. The molecule has 0 fully saturated rings. The first-order valence-corrected chi connectivity index (χ1v) is 6.77. The number of fused-ring (bicyclic) bond motifs is 2. The Hall–Kier alpha value is -3.27. The maximum atomic E-state index is 12.8. The molecular formula is C16H13N3O4. The molecule has 1 spiro atoms. The number of para-hydroxylation sites is 1. The number of nitrogens with two attached hydrogens (primary N) is 1. The van der Waals surface area contributed by atoms with Gasteiger partial charge in [-0.25, -0.2) is 0 Å². The van der Waals surface area contributed by atoms with Gasteiger partial charge in [0.2, 0.25) is 11.8 Å². The van der Waals surface area contributed by atoms with Gasteiger partial charge in [0, 0.05) is 11.3 Å². The molecule has 23 heavy (non-hydrogen) atoms. The average Bonchev–Trinajstić information content (AvgIpc) is 2.80. The topological polar surface area (TPSA) is 114 Å². The van der Waals surface area contributed by atoms with Crippen molar-refractivity contribution in [2.75, 3.05) is 12.4 Å². The van der Waals surface area contributed by atoms with Gasteiger partial charge in [0.25, 0.3) is 5.95 Å². The summed E-state index contributed by atoms with van der Waals surface area (Å²) in [5, 5.41) is 12.3. The number of ketones is 1. The Labute approximate surface area is 132 Å². The van der Waals surface area contributed by atoms with Crippen LogP contribution < -0.4 is 11.1 Å². The van der Waals surface area contributed by atoms with Gasteiger partial charge < -0.3 is 20.5 Å². The Kier molecular flexibility index (Phi) is 3.11. The molecule has 2 heterocycles. The quantitative estimate of drug-likeness (QED) is 0.843. The minimum Gasteiger partial charge on any atom is -0.468 e. The lowest BCUT2D eigenvalue weighted by molar-refractivity contribution is -0.122. The van der Waals surface area contributed by atoms with E-state index in [2.05, 4.69) is 5.32 Å². The van der Waals surface area contributed by atoms with Crippen LogP contribution in [0.4, 0.5) is 5.69 Å². The van der Waals surface area contributed by atoms with Crippen molar-refractivity contribution < 1.29 is 19.1 Å². The standard InChI is InChI=1S/C16H13N3O4/c1-8(20)12-14(22-2)23-13(18)10(7-17)16(12)9-5-3-4-6-11(9)19-15(16)21/h3-6H,18H2,1-2H3,(H,19,21). The van der Waals surface area contributed by atoms with Crippen LogP contribution in [-0.2, 0) is 24.5 Å². The molecule has 0 radical (unpaired) electrons. The first kappa shape index (κ1) is 14.7. The van der Waals surface area contributed by atoms with Gasteiger partial charge in [0.05, 0.1) is 7.11 Å². The van der Waals surface area contributed by atoms with Gasteiger partial charge in [-0.2, -0.15) is 5.26 Å². The van der Waals surface area contributed by atoms with Crippen molar-refractivity contribution in [1.82, 2.24) is 0 Å². The van der Waals surface area contributed by atoms with Crippen LogP contribution in [0.3, 0.4) is 0 Å². The van der Waals surface area contributed by atoms with E-state index >= 15 is 0 Å². The number of benzene rings is 1. The zero-order valence-corrected chi connectivity index (χ0v) is 12.5. The first-order valence-electron chi connectivity index (χ1n) is 6.77. The predicted octanol–water partition coefficient (Wildman–Crippen LogP) is 1.05. The van der Waals surface area contributed by atoms with E-state index in [-0.39, 0.29) is 23.0 Å². The van der Waals surface area contributed by atoms with Gasteiger partial charge in [0.1, 0.15) is 17.2 Å². The van der Waals surface area contributed by atoms with E-state index in [9.17, 15) is 14.9 Å². The molecule has 2 aliphatic heterocycles. The number of hydrogen-bond acceptors (Lipinski definition) is 6. The van der Waals surface area contributed by atoms with Crippen LogP contribution in [0.5, 0.6) is 0 Å². The molecule has 0 aromatic heterocycles. The lowest BCUT2D eigenvalue weighted by Gasteiger charge is -2.33. The third-order valence-electron chi connectivity index (χ3n) is 3.97. The van der Waals surface area contributed by atoms with Gasteiger partial charge in [-0.1, -0.05) is 18.2 Å². The third kappa shape index (κ3) is 1.69. The van der Waals surface area contributed by atoms with Crippen molar-refractivity contribution in [3.63, 3.8) is 0 Å². The number of anilines is 1. The van der Waals surface area contributed by atoms with Crippen molar-refractivity contribution in [2.45, 2.75) is 12.3 Å². The SMILES string of the molecule is COC1=C(C(C)=O)C2(C(=O)Nc3ccccc32)C(C#N)=C(N)O1. The maximum Gasteiger partial charge on any atom is 0.294 e. The summed E-state index contributed by atoms with van der Waals surface area (Å²) in [7, 11) is 1.30. The van der Waals surface area contributed by atoms with E-state index in [0.717, 1.165) is 0 Å². The Bertz CT molecular complexity index is 847. The highest BCUT2D eigenvalue weighted by atomic mass is 16.7. The highest BCUT2D eigenvalue weighted by Gasteiger charge is 2.59. The summed E-state index contributed by atoms with van der Waals surface area (Å²) in [5.41, 5.74) is 4.95. The number of rotatable bonds is 2. The summed E-state index contributed by atoms with van der Waals surface area (Å²) in [5.74, 6) is -1.43. The van der Waals surface area contributed by atoms with Gasteiger partial charge in [0.15, 0.2) is 11.2 Å². The number of ether oxygens (including phenoxy) is 2. The number of nitrogens with one attached hydrogen (secondary N) is 1. The molecule has 7 nitrogen and oxygen atoms in total. The van der Waals surface area contributed by atoms with Crippen LogP contribution in [-0.4, -0.2) is 18.8 Å². The minimum atomic E-state index is -1.66. The highest BCUT2D eigenvalue weighted by molar-refractivity contribution is 6.18. The van der Waals surface area contributed by atoms with Crippen LogP contribution in [0.25, 0.3) is 0 Å². The third-order valence-corrected chi connectivity index (χ3v) is 3.97. The average molecular weight is 311 g/mol. The van der Waals surface area contributed by atoms with Crippen LogP contribution in [0, 0.1) is 11.3 Å². The molecule has 7 heteroatoms. The first-order chi connectivity index (χ1) is 11.0. The Morgan fingerprint density at radius 3 is 2.74 bits per heavy atom. The molecule has 0 aliphatic carbocycles. The molecule has 1 amide bonds. The van der Waals surface area contributed by atoms with Gasteiger partial charge >= 0.3 is 0 Å². The fourth-order valence-corrected chi connectivity index (χ4v) is 3.11. The second kappa shape index (κ2) is 4.88. The van der Waals surface area contributed by atoms with Crippen LogP contribution in [0.1, 0.15) is 12.5 Å². The van der Waals surface area contributed by atoms with Crippen LogP contribution in [0.15, 0.2) is 47.2 Å². The summed E-state index contributed by atoms with van der Waals surface area (Å²) in [6, 6.07) is 8.72. The molecule has 1 aromatic rings. The second-order valence-electron chi connectivity index (χ2n) is 5.13. The Morgan fingerprint density at radius 1 is 1.43 bits per heavy atom. The molecule has 3 rings (SSSR count). The zero-order valence-electron chi connectivity index (χ0n) is 12.5. The molecule has 1 atom stereocenters. The maximum absolute atomic E-state index is 12.8. The zero-order chi connectivity index (χ0) is 16.8. The number of amides is 1. The molecule has 2 aliphatic rings. The number of methoxy groups -OCH3 is 1. The van der Waals surface area contributed by atoms with Gasteiger partial charge in [-0.15, -0.1) is 0 Å². The molecule has 0 bridgehead atoms. The van der Waals surface area contributed by atoms with Gasteiger partial charge in [-0.05, 0) is 13.0 Å². The molecule has 116 valence electrons. The minimum absolute atomic E-state index is 0.0480. The van der Waals surface area contributed by atoms with E-state index in [1.54, 1.807) is 24.3 Å². The number of nitrogens with zero attached hydrogens (tertiary/aromatic N) is 1. The monoisotopic (exact) mass is 311 g/mol. The number of hydrogen-bond donors (Lipinski definition) is 2. The van der Waals surface area contributed by atoms with E-state index in [0.29, 0.717) is 11.3 Å². The van der Waals surface area contributed by atoms with E-state index in [1.807, 2.05) is 6.07 Å². The van der Waals surface area contributed by atoms with Crippen molar-refractivity contribution in [3.8, 4) is 6.07 Å². The van der Waals surface area contributed by atoms with Crippen molar-refractivity contribution in [2.24, 2.45) is 5.73 Å². The largest absolute Gasteiger partial charge is 0.468 e. The lowest BCUT2D eigenvalue weighted by Crippen LogP contribution is -2.45. The lowest BCUT2D eigenvalue weighted by atomic mass is 9.68. The molecular weight excluding hydrogens is 298 g/mol. The number of Topliss-reactive ketones (excluding diaryl/α,β-unsaturated/α-hetero) is 1.